The van der Waals surface area contributed by atoms with E-state index in [2.05, 4.69) is 0 Å². The molecule has 2 aromatic carbocycles. The third-order valence-corrected chi connectivity index (χ3v) is 4.40. The number of ether oxygens (including phenoxy) is 1. The molecule has 2 nitrogen and oxygen atoms in total. The minimum absolute atomic E-state index is 0.230. The molecule has 2 aromatic rings. The van der Waals surface area contributed by atoms with Gasteiger partial charge in [0.2, 0.25) is 0 Å². The molecule has 0 aliphatic rings. The normalized spacial score (nSPS) is 12.1. The molecule has 0 bridgehead atoms. The zero-order valence-corrected chi connectivity index (χ0v) is 12.5. The Kier molecular flexibility index (Phi) is 5.44. The number of hydrogen-bond acceptors (Lipinski definition) is 2. The van der Waals surface area contributed by atoms with Crippen LogP contribution in [-0.2, 0) is 23.0 Å². The first kappa shape index (κ1) is 15.6. The Hall–Kier alpha value is -1.75. The van der Waals surface area contributed by atoms with E-state index in [0.717, 1.165) is 23.4 Å². The second-order valence-electron chi connectivity index (χ2n) is 4.63. The van der Waals surface area contributed by atoms with Gasteiger partial charge in [0, 0.05) is 22.3 Å². The number of benzene rings is 2. The fraction of sp³-hybridized carbons (Fsp3) is 0.250. The highest BCUT2D eigenvalue weighted by Gasteiger charge is 2.07. The second kappa shape index (κ2) is 7.31. The fourth-order valence-electron chi connectivity index (χ4n) is 1.91. The lowest BCUT2D eigenvalue weighted by Gasteiger charge is -2.05. The van der Waals surface area contributed by atoms with E-state index in [-0.39, 0.29) is 5.75 Å². The van der Waals surface area contributed by atoms with Crippen molar-refractivity contribution in [3.8, 4) is 5.75 Å². The van der Waals surface area contributed by atoms with Crippen LogP contribution in [0.25, 0.3) is 0 Å². The molecule has 0 saturated carbocycles. The first-order chi connectivity index (χ1) is 10.1. The molecule has 1 atom stereocenters. The highest BCUT2D eigenvalue weighted by molar-refractivity contribution is 7.84. The van der Waals surface area contributed by atoms with Gasteiger partial charge >= 0.3 is 0 Å². The van der Waals surface area contributed by atoms with E-state index in [0.29, 0.717) is 17.7 Å². The zero-order valence-electron chi connectivity index (χ0n) is 11.6. The van der Waals surface area contributed by atoms with E-state index in [4.69, 9.17) is 4.74 Å². The molecule has 0 fully saturated rings. The molecule has 0 amide bonds. The predicted molar refractivity (Wildman–Crippen MR) is 79.8 cm³/mol. The smallest absolute Gasteiger partial charge is 0.159 e. The van der Waals surface area contributed by atoms with E-state index in [1.165, 1.54) is 6.07 Å². The van der Waals surface area contributed by atoms with Gasteiger partial charge in [-0.3, -0.25) is 4.21 Å². The molecule has 112 valence electrons. The molecule has 2 rings (SSSR count). The standard InChI is InChI=1S/C16H16F2O2S/c1-20-14-5-2-12(3-6-14)8-9-21(19)11-13-4-7-15(17)16(18)10-13/h2-7,10H,8-9,11H2,1H3/t21-/m1/s1. The van der Waals surface area contributed by atoms with E-state index in [1.54, 1.807) is 7.11 Å². The molecular weight excluding hydrogens is 294 g/mol. The van der Waals surface area contributed by atoms with Crippen LogP contribution in [-0.4, -0.2) is 17.1 Å². The summed E-state index contributed by atoms with van der Waals surface area (Å²) in [7, 11) is 0.489. The fourth-order valence-corrected chi connectivity index (χ4v) is 3.07. The van der Waals surface area contributed by atoms with E-state index in [9.17, 15) is 13.0 Å². The maximum atomic E-state index is 13.1. The molecule has 0 unspecified atom stereocenters. The number of halogens is 2. The summed E-state index contributed by atoms with van der Waals surface area (Å²) in [5, 5.41) is 0. The first-order valence-corrected chi connectivity index (χ1v) is 7.99. The number of hydrogen-bond donors (Lipinski definition) is 0. The van der Waals surface area contributed by atoms with Gasteiger partial charge in [0.1, 0.15) is 5.75 Å². The third kappa shape index (κ3) is 4.63. The maximum Gasteiger partial charge on any atom is 0.159 e. The molecular formula is C16H16F2O2S. The minimum Gasteiger partial charge on any atom is -0.497 e. The van der Waals surface area contributed by atoms with Gasteiger partial charge in [-0.2, -0.15) is 0 Å². The van der Waals surface area contributed by atoms with Gasteiger partial charge in [0.15, 0.2) is 11.6 Å². The lowest BCUT2D eigenvalue weighted by atomic mass is 10.2. The Labute approximate surface area is 125 Å². The first-order valence-electron chi connectivity index (χ1n) is 6.50. The van der Waals surface area contributed by atoms with Gasteiger partial charge in [-0.1, -0.05) is 18.2 Å². The van der Waals surface area contributed by atoms with Crippen LogP contribution >= 0.6 is 0 Å². The zero-order chi connectivity index (χ0) is 15.2. The summed E-state index contributed by atoms with van der Waals surface area (Å²) in [5.41, 5.74) is 1.61. The highest BCUT2D eigenvalue weighted by atomic mass is 32.2. The Balaban J connectivity index is 1.87. The van der Waals surface area contributed by atoms with Crippen molar-refractivity contribution >= 4 is 10.8 Å². The molecule has 0 aliphatic carbocycles. The number of rotatable bonds is 6. The highest BCUT2D eigenvalue weighted by Crippen LogP contribution is 2.13. The van der Waals surface area contributed by atoms with Crippen LogP contribution in [0.5, 0.6) is 5.75 Å². The molecule has 21 heavy (non-hydrogen) atoms. The molecule has 0 saturated heterocycles. The van der Waals surface area contributed by atoms with Crippen molar-refractivity contribution in [2.24, 2.45) is 0 Å². The lowest BCUT2D eigenvalue weighted by molar-refractivity contribution is 0.414. The van der Waals surface area contributed by atoms with E-state index < -0.39 is 22.4 Å². The summed E-state index contributed by atoms with van der Waals surface area (Å²) < 4.78 is 42.9. The summed E-state index contributed by atoms with van der Waals surface area (Å²) in [4.78, 5) is 0. The van der Waals surface area contributed by atoms with Gasteiger partial charge in [0.05, 0.1) is 7.11 Å². The molecule has 0 radical (unpaired) electrons. The second-order valence-corrected chi connectivity index (χ2v) is 6.21. The van der Waals surface area contributed by atoms with E-state index in [1.807, 2.05) is 24.3 Å². The predicted octanol–water partition coefficient (Wildman–Crippen LogP) is 3.46. The monoisotopic (exact) mass is 310 g/mol. The van der Waals surface area contributed by atoms with Crippen molar-refractivity contribution in [1.82, 2.24) is 0 Å². The molecule has 0 aliphatic heterocycles. The minimum atomic E-state index is -1.11. The molecule has 0 aromatic heterocycles. The Morgan fingerprint density at radius 2 is 1.67 bits per heavy atom. The average molecular weight is 310 g/mol. The summed E-state index contributed by atoms with van der Waals surface area (Å²) in [6.07, 6.45) is 0.667. The van der Waals surface area contributed by atoms with Gasteiger partial charge in [-0.05, 0) is 41.8 Å². The largest absolute Gasteiger partial charge is 0.497 e. The molecule has 0 spiro atoms. The summed E-state index contributed by atoms with van der Waals surface area (Å²) in [6, 6.07) is 11.2. The van der Waals surface area contributed by atoms with Crippen molar-refractivity contribution in [1.29, 1.82) is 0 Å². The van der Waals surface area contributed by atoms with Crippen LogP contribution in [0, 0.1) is 11.6 Å². The maximum absolute atomic E-state index is 13.1. The Morgan fingerprint density at radius 1 is 1.00 bits per heavy atom. The van der Waals surface area contributed by atoms with Crippen molar-refractivity contribution in [3.63, 3.8) is 0 Å². The SMILES string of the molecule is COc1ccc(CC[S@@](=O)Cc2ccc(F)c(F)c2)cc1. The summed E-state index contributed by atoms with van der Waals surface area (Å²) >= 11 is 0. The summed E-state index contributed by atoms with van der Waals surface area (Å²) in [6.45, 7) is 0. The van der Waals surface area contributed by atoms with Gasteiger partial charge in [-0.15, -0.1) is 0 Å². The third-order valence-electron chi connectivity index (χ3n) is 3.09. The van der Waals surface area contributed by atoms with Crippen LogP contribution < -0.4 is 4.74 Å². The van der Waals surface area contributed by atoms with Crippen molar-refractivity contribution in [2.45, 2.75) is 12.2 Å². The van der Waals surface area contributed by atoms with Gasteiger partial charge in [-0.25, -0.2) is 8.78 Å². The van der Waals surface area contributed by atoms with Crippen molar-refractivity contribution in [3.05, 3.63) is 65.2 Å². The topological polar surface area (TPSA) is 26.3 Å². The summed E-state index contributed by atoms with van der Waals surface area (Å²) in [5.74, 6) is -0.303. The Morgan fingerprint density at radius 3 is 2.29 bits per heavy atom. The van der Waals surface area contributed by atoms with Crippen LogP contribution in [0.1, 0.15) is 11.1 Å². The lowest BCUT2D eigenvalue weighted by Crippen LogP contribution is -2.04. The number of methoxy groups -OCH3 is 1. The van der Waals surface area contributed by atoms with E-state index >= 15 is 0 Å². The van der Waals surface area contributed by atoms with Crippen LogP contribution in [0.15, 0.2) is 42.5 Å². The Bertz CT molecular complexity index is 627. The van der Waals surface area contributed by atoms with Crippen LogP contribution in [0.4, 0.5) is 8.78 Å². The molecule has 0 N–H and O–H groups in total. The van der Waals surface area contributed by atoms with Gasteiger partial charge in [0.25, 0.3) is 0 Å². The molecule has 0 heterocycles. The number of aryl methyl sites for hydroxylation is 1. The van der Waals surface area contributed by atoms with Crippen LogP contribution in [0.3, 0.4) is 0 Å². The van der Waals surface area contributed by atoms with Crippen molar-refractivity contribution < 1.29 is 17.7 Å². The average Bonchev–Trinajstić information content (AvgIpc) is 2.49. The van der Waals surface area contributed by atoms with Gasteiger partial charge < -0.3 is 4.74 Å². The van der Waals surface area contributed by atoms with Crippen molar-refractivity contribution in [2.75, 3.05) is 12.9 Å². The van der Waals surface area contributed by atoms with Crippen LogP contribution in [0.2, 0.25) is 0 Å². The quantitative estimate of drug-likeness (QED) is 0.817. The molecule has 5 heteroatoms.